The molecule has 2 aromatic rings. The van der Waals surface area contributed by atoms with Crippen LogP contribution in [-0.4, -0.2) is 22.4 Å². The number of hydrogen-bond donors (Lipinski definition) is 2. The third-order valence-corrected chi connectivity index (χ3v) is 4.19. The monoisotopic (exact) mass is 346 g/mol. The standard InChI is InChI=1S/C18H23FN4O2/c1-12(22-18(24)20-8-14-9-21-23(2)10-14)15-5-6-17(16(19)7-15)25-11-13-3-4-13/h5-7,9-10,12-13H,3-4,8,11H2,1-2H3,(H2,20,22,24)/t12-/m0/s1. The first kappa shape index (κ1) is 17.3. The Morgan fingerprint density at radius 2 is 2.28 bits per heavy atom. The molecule has 1 saturated carbocycles. The van der Waals surface area contributed by atoms with Gasteiger partial charge in [0.15, 0.2) is 11.6 Å². The number of ether oxygens (including phenoxy) is 1. The smallest absolute Gasteiger partial charge is 0.315 e. The average Bonchev–Trinajstić information content (AvgIpc) is 3.32. The van der Waals surface area contributed by atoms with Gasteiger partial charge in [-0.3, -0.25) is 4.68 Å². The third-order valence-electron chi connectivity index (χ3n) is 4.19. The van der Waals surface area contributed by atoms with Crippen molar-refractivity contribution in [3.63, 3.8) is 0 Å². The number of rotatable bonds is 7. The molecule has 1 aromatic heterocycles. The Bertz CT molecular complexity index is 742. The lowest BCUT2D eigenvalue weighted by atomic mass is 10.1. The number of carbonyl (C=O) groups is 1. The molecule has 1 aromatic carbocycles. The summed E-state index contributed by atoms with van der Waals surface area (Å²) in [6.07, 6.45) is 5.85. The molecule has 0 aliphatic heterocycles. The predicted molar refractivity (Wildman–Crippen MR) is 91.6 cm³/mol. The van der Waals surface area contributed by atoms with Gasteiger partial charge < -0.3 is 15.4 Å². The highest BCUT2D eigenvalue weighted by atomic mass is 19.1. The second-order valence-electron chi connectivity index (χ2n) is 6.52. The normalized spacial score (nSPS) is 14.8. The van der Waals surface area contributed by atoms with E-state index in [1.165, 1.54) is 6.07 Å². The molecule has 6 nitrogen and oxygen atoms in total. The van der Waals surface area contributed by atoms with Crippen molar-refractivity contribution in [2.75, 3.05) is 6.61 Å². The van der Waals surface area contributed by atoms with Gasteiger partial charge in [-0.25, -0.2) is 9.18 Å². The molecule has 0 saturated heterocycles. The predicted octanol–water partition coefficient (Wildman–Crippen LogP) is 2.91. The molecule has 0 radical (unpaired) electrons. The van der Waals surface area contributed by atoms with Gasteiger partial charge in [0.1, 0.15) is 0 Å². The van der Waals surface area contributed by atoms with Crippen LogP contribution in [0.15, 0.2) is 30.6 Å². The summed E-state index contributed by atoms with van der Waals surface area (Å²) in [5.41, 5.74) is 1.60. The van der Waals surface area contributed by atoms with Gasteiger partial charge >= 0.3 is 6.03 Å². The molecule has 1 fully saturated rings. The summed E-state index contributed by atoms with van der Waals surface area (Å²) < 4.78 is 21.3. The van der Waals surface area contributed by atoms with Crippen molar-refractivity contribution in [1.82, 2.24) is 20.4 Å². The Kier molecular flexibility index (Phi) is 5.21. The molecule has 1 aliphatic carbocycles. The van der Waals surface area contributed by atoms with Crippen LogP contribution in [0.3, 0.4) is 0 Å². The summed E-state index contributed by atoms with van der Waals surface area (Å²) in [7, 11) is 1.82. The summed E-state index contributed by atoms with van der Waals surface area (Å²) in [5.74, 6) is 0.439. The Hall–Kier alpha value is -2.57. The molecule has 1 heterocycles. The van der Waals surface area contributed by atoms with Gasteiger partial charge in [-0.1, -0.05) is 6.07 Å². The molecule has 2 N–H and O–H groups in total. The average molecular weight is 346 g/mol. The van der Waals surface area contributed by atoms with Crippen LogP contribution in [0.2, 0.25) is 0 Å². The van der Waals surface area contributed by atoms with Gasteiger partial charge in [0.25, 0.3) is 0 Å². The Morgan fingerprint density at radius 3 is 2.92 bits per heavy atom. The van der Waals surface area contributed by atoms with Crippen LogP contribution < -0.4 is 15.4 Å². The Balaban J connectivity index is 1.50. The summed E-state index contributed by atoms with van der Waals surface area (Å²) in [5, 5.41) is 9.59. The van der Waals surface area contributed by atoms with Crippen LogP contribution in [0.25, 0.3) is 0 Å². The van der Waals surface area contributed by atoms with Crippen LogP contribution >= 0.6 is 0 Å². The van der Waals surface area contributed by atoms with E-state index >= 15 is 0 Å². The van der Waals surface area contributed by atoms with E-state index in [-0.39, 0.29) is 17.8 Å². The van der Waals surface area contributed by atoms with Gasteiger partial charge in [-0.15, -0.1) is 0 Å². The lowest BCUT2D eigenvalue weighted by Gasteiger charge is -2.16. The minimum atomic E-state index is -0.400. The maximum Gasteiger partial charge on any atom is 0.315 e. The van der Waals surface area contributed by atoms with Crippen LogP contribution in [-0.2, 0) is 13.6 Å². The number of nitrogens with one attached hydrogen (secondary N) is 2. The van der Waals surface area contributed by atoms with E-state index < -0.39 is 5.82 Å². The van der Waals surface area contributed by atoms with Crippen molar-refractivity contribution in [3.05, 3.63) is 47.5 Å². The largest absolute Gasteiger partial charge is 0.490 e. The van der Waals surface area contributed by atoms with E-state index in [4.69, 9.17) is 4.74 Å². The highest BCUT2D eigenvalue weighted by Crippen LogP contribution is 2.30. The number of nitrogens with zero attached hydrogens (tertiary/aromatic N) is 2. The van der Waals surface area contributed by atoms with Crippen molar-refractivity contribution in [1.29, 1.82) is 0 Å². The van der Waals surface area contributed by atoms with Crippen molar-refractivity contribution in [2.24, 2.45) is 13.0 Å². The fraction of sp³-hybridized carbons (Fsp3) is 0.444. The summed E-state index contributed by atoms with van der Waals surface area (Å²) in [4.78, 5) is 12.0. The Morgan fingerprint density at radius 1 is 1.48 bits per heavy atom. The van der Waals surface area contributed by atoms with Crippen molar-refractivity contribution in [3.8, 4) is 5.75 Å². The quantitative estimate of drug-likeness (QED) is 0.810. The molecular formula is C18H23FN4O2. The second kappa shape index (κ2) is 7.55. The molecule has 3 rings (SSSR count). The maximum atomic E-state index is 14.1. The zero-order valence-corrected chi connectivity index (χ0v) is 14.5. The molecule has 0 spiro atoms. The zero-order valence-electron chi connectivity index (χ0n) is 14.5. The first-order valence-electron chi connectivity index (χ1n) is 8.45. The number of benzene rings is 1. The zero-order chi connectivity index (χ0) is 17.8. The van der Waals surface area contributed by atoms with Crippen LogP contribution in [0.5, 0.6) is 5.75 Å². The number of carbonyl (C=O) groups excluding carboxylic acids is 1. The highest BCUT2D eigenvalue weighted by molar-refractivity contribution is 5.74. The van der Waals surface area contributed by atoms with Crippen molar-refractivity contribution in [2.45, 2.75) is 32.4 Å². The first-order valence-corrected chi connectivity index (χ1v) is 8.45. The fourth-order valence-corrected chi connectivity index (χ4v) is 2.47. The van der Waals surface area contributed by atoms with Crippen LogP contribution in [0.1, 0.15) is 36.9 Å². The van der Waals surface area contributed by atoms with Crippen molar-refractivity contribution >= 4 is 6.03 Å². The molecular weight excluding hydrogens is 323 g/mol. The summed E-state index contributed by atoms with van der Waals surface area (Å²) in [6.45, 7) is 2.76. The van der Waals surface area contributed by atoms with E-state index in [9.17, 15) is 9.18 Å². The lowest BCUT2D eigenvalue weighted by Crippen LogP contribution is -2.36. The second-order valence-corrected chi connectivity index (χ2v) is 6.52. The molecule has 25 heavy (non-hydrogen) atoms. The van der Waals surface area contributed by atoms with E-state index in [0.29, 0.717) is 24.6 Å². The van der Waals surface area contributed by atoms with Crippen molar-refractivity contribution < 1.29 is 13.9 Å². The van der Waals surface area contributed by atoms with E-state index in [2.05, 4.69) is 15.7 Å². The molecule has 134 valence electrons. The van der Waals surface area contributed by atoms with Crippen LogP contribution in [0, 0.1) is 11.7 Å². The minimum Gasteiger partial charge on any atom is -0.490 e. The van der Waals surface area contributed by atoms with Gasteiger partial charge in [0.2, 0.25) is 0 Å². The van der Waals surface area contributed by atoms with Gasteiger partial charge in [0, 0.05) is 25.4 Å². The SMILES string of the molecule is C[C@H](NC(=O)NCc1cnn(C)c1)c1ccc(OCC2CC2)c(F)c1. The lowest BCUT2D eigenvalue weighted by molar-refractivity contribution is 0.237. The summed E-state index contributed by atoms with van der Waals surface area (Å²) in [6, 6.07) is 4.18. The fourth-order valence-electron chi connectivity index (χ4n) is 2.47. The van der Waals surface area contributed by atoms with E-state index in [1.54, 1.807) is 23.0 Å². The number of hydrogen-bond acceptors (Lipinski definition) is 3. The molecule has 2 amide bonds. The maximum absolute atomic E-state index is 14.1. The molecule has 7 heteroatoms. The number of amides is 2. The first-order chi connectivity index (χ1) is 12.0. The van der Waals surface area contributed by atoms with Crippen LogP contribution in [0.4, 0.5) is 9.18 Å². The molecule has 1 atom stereocenters. The number of halogens is 1. The van der Waals surface area contributed by atoms with Gasteiger partial charge in [-0.2, -0.15) is 5.10 Å². The molecule has 0 unspecified atom stereocenters. The number of urea groups is 1. The Labute approximate surface area is 146 Å². The molecule has 0 bridgehead atoms. The summed E-state index contributed by atoms with van der Waals surface area (Å²) >= 11 is 0. The highest BCUT2D eigenvalue weighted by Gasteiger charge is 2.22. The molecule has 1 aliphatic rings. The number of aromatic nitrogens is 2. The third kappa shape index (κ3) is 4.95. The van der Waals surface area contributed by atoms with Gasteiger partial charge in [0.05, 0.1) is 18.8 Å². The van der Waals surface area contributed by atoms with Gasteiger partial charge in [-0.05, 0) is 43.4 Å². The topological polar surface area (TPSA) is 68.2 Å². The van der Waals surface area contributed by atoms with E-state index in [0.717, 1.165) is 18.4 Å². The van der Waals surface area contributed by atoms with E-state index in [1.807, 2.05) is 20.2 Å². The minimum absolute atomic E-state index is 0.267. The number of aryl methyl sites for hydroxylation is 1.